The number of hydrogen-bond acceptors (Lipinski definition) is 3. The SMILES string of the molecule is NCc1ccc2c(c1)nnn2CC(F)(F)F. The third-order valence-electron chi connectivity index (χ3n) is 2.14. The molecule has 0 radical (unpaired) electrons. The van der Waals surface area contributed by atoms with Gasteiger partial charge in [-0.2, -0.15) is 13.2 Å². The van der Waals surface area contributed by atoms with E-state index in [1.54, 1.807) is 18.2 Å². The van der Waals surface area contributed by atoms with Crippen LogP contribution in [0.5, 0.6) is 0 Å². The van der Waals surface area contributed by atoms with Crippen LogP contribution >= 0.6 is 0 Å². The van der Waals surface area contributed by atoms with Crippen molar-refractivity contribution in [3.05, 3.63) is 23.8 Å². The van der Waals surface area contributed by atoms with E-state index in [1.807, 2.05) is 0 Å². The Hall–Kier alpha value is -1.63. The minimum Gasteiger partial charge on any atom is -0.326 e. The molecule has 0 fully saturated rings. The predicted octanol–water partition coefficient (Wildman–Crippen LogP) is 1.45. The lowest BCUT2D eigenvalue weighted by Crippen LogP contribution is -2.18. The minimum atomic E-state index is -4.30. The lowest BCUT2D eigenvalue weighted by molar-refractivity contribution is -0.142. The van der Waals surface area contributed by atoms with E-state index in [2.05, 4.69) is 10.3 Å². The van der Waals surface area contributed by atoms with E-state index in [1.165, 1.54) is 0 Å². The van der Waals surface area contributed by atoms with E-state index in [9.17, 15) is 13.2 Å². The molecule has 0 saturated heterocycles. The topological polar surface area (TPSA) is 56.7 Å². The number of nitrogens with two attached hydrogens (primary N) is 1. The molecule has 4 nitrogen and oxygen atoms in total. The Morgan fingerprint density at radius 2 is 2.06 bits per heavy atom. The molecule has 0 aliphatic rings. The zero-order valence-corrected chi connectivity index (χ0v) is 8.20. The summed E-state index contributed by atoms with van der Waals surface area (Å²) in [4.78, 5) is 0. The molecule has 0 saturated carbocycles. The maximum Gasteiger partial charge on any atom is 0.408 e. The van der Waals surface area contributed by atoms with Gasteiger partial charge in [-0.1, -0.05) is 11.3 Å². The number of halogens is 3. The van der Waals surface area contributed by atoms with Crippen molar-refractivity contribution < 1.29 is 13.2 Å². The Kier molecular flexibility index (Phi) is 2.55. The summed E-state index contributed by atoms with van der Waals surface area (Å²) in [7, 11) is 0. The van der Waals surface area contributed by atoms with Crippen molar-refractivity contribution in [2.45, 2.75) is 19.3 Å². The molecule has 7 heteroatoms. The monoisotopic (exact) mass is 230 g/mol. The fourth-order valence-corrected chi connectivity index (χ4v) is 1.43. The molecule has 1 aromatic heterocycles. The van der Waals surface area contributed by atoms with Crippen molar-refractivity contribution >= 4 is 11.0 Å². The molecule has 2 aromatic rings. The molecule has 0 unspecified atom stereocenters. The van der Waals surface area contributed by atoms with Gasteiger partial charge in [-0.15, -0.1) is 5.10 Å². The molecule has 1 aromatic carbocycles. The largest absolute Gasteiger partial charge is 0.408 e. The van der Waals surface area contributed by atoms with Crippen LogP contribution in [0.2, 0.25) is 0 Å². The summed E-state index contributed by atoms with van der Waals surface area (Å²) in [5.41, 5.74) is 7.01. The van der Waals surface area contributed by atoms with Crippen molar-refractivity contribution in [2.24, 2.45) is 5.73 Å². The highest BCUT2D eigenvalue weighted by Crippen LogP contribution is 2.20. The van der Waals surface area contributed by atoms with Crippen LogP contribution < -0.4 is 5.73 Å². The molecular weight excluding hydrogens is 221 g/mol. The van der Waals surface area contributed by atoms with Gasteiger partial charge in [-0.3, -0.25) is 0 Å². The summed E-state index contributed by atoms with van der Waals surface area (Å²) in [6, 6.07) is 4.84. The van der Waals surface area contributed by atoms with Gasteiger partial charge in [0.25, 0.3) is 0 Å². The molecule has 16 heavy (non-hydrogen) atoms. The zero-order chi connectivity index (χ0) is 11.8. The number of benzene rings is 1. The summed E-state index contributed by atoms with van der Waals surface area (Å²) in [6.45, 7) is -0.812. The first-order valence-electron chi connectivity index (χ1n) is 4.58. The van der Waals surface area contributed by atoms with E-state index >= 15 is 0 Å². The normalized spacial score (nSPS) is 12.2. The summed E-state index contributed by atoms with van der Waals surface area (Å²) in [5, 5.41) is 7.13. The number of rotatable bonds is 2. The van der Waals surface area contributed by atoms with Crippen LogP contribution in [0.3, 0.4) is 0 Å². The van der Waals surface area contributed by atoms with Gasteiger partial charge in [0.1, 0.15) is 12.1 Å². The van der Waals surface area contributed by atoms with Crippen molar-refractivity contribution in [3.63, 3.8) is 0 Å². The molecule has 0 amide bonds. The van der Waals surface area contributed by atoms with E-state index in [0.717, 1.165) is 10.2 Å². The Morgan fingerprint density at radius 3 is 2.69 bits per heavy atom. The van der Waals surface area contributed by atoms with Gasteiger partial charge >= 0.3 is 6.18 Å². The second-order valence-electron chi connectivity index (χ2n) is 3.39. The average molecular weight is 230 g/mol. The third kappa shape index (κ3) is 2.13. The van der Waals surface area contributed by atoms with E-state index < -0.39 is 12.7 Å². The molecular formula is C9H9F3N4. The summed E-state index contributed by atoms with van der Waals surface area (Å²) in [6.07, 6.45) is -4.30. The van der Waals surface area contributed by atoms with Crippen LogP contribution in [0.1, 0.15) is 5.56 Å². The lowest BCUT2D eigenvalue weighted by atomic mass is 10.2. The first-order chi connectivity index (χ1) is 7.49. The van der Waals surface area contributed by atoms with Gasteiger partial charge in [-0.05, 0) is 17.7 Å². The highest BCUT2D eigenvalue weighted by atomic mass is 19.4. The van der Waals surface area contributed by atoms with Crippen molar-refractivity contribution in [2.75, 3.05) is 0 Å². The molecule has 0 atom stereocenters. The van der Waals surface area contributed by atoms with Crippen molar-refractivity contribution in [1.29, 1.82) is 0 Å². The van der Waals surface area contributed by atoms with Crippen LogP contribution in [0, 0.1) is 0 Å². The lowest BCUT2D eigenvalue weighted by Gasteiger charge is -2.06. The van der Waals surface area contributed by atoms with Crippen molar-refractivity contribution in [1.82, 2.24) is 15.0 Å². The maximum atomic E-state index is 12.2. The molecule has 0 aliphatic carbocycles. The van der Waals surface area contributed by atoms with E-state index in [-0.39, 0.29) is 0 Å². The minimum absolute atomic E-state index is 0.321. The molecule has 1 heterocycles. The summed E-state index contributed by atoms with van der Waals surface area (Å²) < 4.78 is 37.4. The van der Waals surface area contributed by atoms with Gasteiger partial charge in [0.2, 0.25) is 0 Å². The Labute approximate surface area is 88.8 Å². The Morgan fingerprint density at radius 1 is 1.31 bits per heavy atom. The van der Waals surface area contributed by atoms with Crippen molar-refractivity contribution in [3.8, 4) is 0 Å². The van der Waals surface area contributed by atoms with Crippen LogP contribution in [0.15, 0.2) is 18.2 Å². The Bertz CT molecular complexity index is 503. The van der Waals surface area contributed by atoms with Gasteiger partial charge in [0.05, 0.1) is 5.52 Å². The third-order valence-corrected chi connectivity index (χ3v) is 2.14. The van der Waals surface area contributed by atoms with E-state index in [0.29, 0.717) is 17.6 Å². The van der Waals surface area contributed by atoms with Gasteiger partial charge < -0.3 is 5.73 Å². The molecule has 2 rings (SSSR count). The average Bonchev–Trinajstić information content (AvgIpc) is 2.58. The molecule has 86 valence electrons. The van der Waals surface area contributed by atoms with Gasteiger partial charge in [-0.25, -0.2) is 4.68 Å². The molecule has 2 N–H and O–H groups in total. The smallest absolute Gasteiger partial charge is 0.326 e. The number of fused-ring (bicyclic) bond motifs is 1. The Balaban J connectivity index is 2.42. The quantitative estimate of drug-likeness (QED) is 0.849. The summed E-state index contributed by atoms with van der Waals surface area (Å²) in [5.74, 6) is 0. The first kappa shape index (κ1) is 10.9. The first-order valence-corrected chi connectivity index (χ1v) is 4.58. The fraction of sp³-hybridized carbons (Fsp3) is 0.333. The standard InChI is InChI=1S/C9H9F3N4/c10-9(11,12)5-16-8-2-1-6(4-13)3-7(8)14-15-16/h1-3H,4-5,13H2. The number of aromatic nitrogens is 3. The predicted molar refractivity (Wildman–Crippen MR) is 51.5 cm³/mol. The number of nitrogens with zero attached hydrogens (tertiary/aromatic N) is 3. The van der Waals surface area contributed by atoms with Gasteiger partial charge in [0.15, 0.2) is 0 Å². The van der Waals surface area contributed by atoms with Crippen LogP contribution in [0.25, 0.3) is 11.0 Å². The zero-order valence-electron chi connectivity index (χ0n) is 8.20. The number of alkyl halides is 3. The highest BCUT2D eigenvalue weighted by molar-refractivity contribution is 5.75. The van der Waals surface area contributed by atoms with Gasteiger partial charge in [0, 0.05) is 6.54 Å². The second-order valence-corrected chi connectivity index (χ2v) is 3.39. The molecule has 0 spiro atoms. The highest BCUT2D eigenvalue weighted by Gasteiger charge is 2.29. The van der Waals surface area contributed by atoms with Crippen LogP contribution in [-0.4, -0.2) is 21.2 Å². The second kappa shape index (κ2) is 3.75. The maximum absolute atomic E-state index is 12.2. The van der Waals surface area contributed by atoms with Crippen LogP contribution in [-0.2, 0) is 13.1 Å². The van der Waals surface area contributed by atoms with E-state index in [4.69, 9.17) is 5.73 Å². The summed E-state index contributed by atoms with van der Waals surface area (Å²) >= 11 is 0. The number of hydrogen-bond donors (Lipinski definition) is 1. The van der Waals surface area contributed by atoms with Crippen LogP contribution in [0.4, 0.5) is 13.2 Å². The fourth-order valence-electron chi connectivity index (χ4n) is 1.43. The molecule has 0 aliphatic heterocycles. The molecule has 0 bridgehead atoms.